The number of hydrogen-bond acceptors (Lipinski definition) is 2. The molecule has 1 aliphatic carbocycles. The van der Waals surface area contributed by atoms with Crippen molar-refractivity contribution in [3.05, 3.63) is 29.6 Å². The highest BCUT2D eigenvalue weighted by molar-refractivity contribution is 5.22. The van der Waals surface area contributed by atoms with E-state index in [4.69, 9.17) is 0 Å². The number of aromatic amines is 1. The van der Waals surface area contributed by atoms with E-state index in [1.54, 1.807) is 5.57 Å². The van der Waals surface area contributed by atoms with E-state index in [0.29, 0.717) is 6.04 Å². The fraction of sp³-hybridized carbons (Fsp3) is 0.643. The number of allylic oxidation sites excluding steroid dienone is 1. The largest absolute Gasteiger partial charge is 0.305 e. The van der Waals surface area contributed by atoms with E-state index in [1.165, 1.54) is 37.8 Å². The molecular formula is C14H23N3. The van der Waals surface area contributed by atoms with Crippen LogP contribution in [0.15, 0.2) is 23.9 Å². The van der Waals surface area contributed by atoms with Crippen LogP contribution in [0.1, 0.15) is 57.2 Å². The van der Waals surface area contributed by atoms with Crippen LogP contribution in [0.4, 0.5) is 0 Å². The summed E-state index contributed by atoms with van der Waals surface area (Å²) in [6.45, 7) is 3.26. The first kappa shape index (κ1) is 12.4. The Bertz CT molecular complexity index is 340. The Kier molecular flexibility index (Phi) is 4.80. The molecule has 1 aliphatic rings. The van der Waals surface area contributed by atoms with E-state index < -0.39 is 0 Å². The van der Waals surface area contributed by atoms with Gasteiger partial charge >= 0.3 is 0 Å². The van der Waals surface area contributed by atoms with E-state index in [0.717, 1.165) is 13.0 Å². The summed E-state index contributed by atoms with van der Waals surface area (Å²) in [5.41, 5.74) is 2.74. The van der Waals surface area contributed by atoms with Crippen molar-refractivity contribution in [1.29, 1.82) is 0 Å². The molecule has 0 amide bonds. The van der Waals surface area contributed by atoms with Crippen molar-refractivity contribution < 1.29 is 0 Å². The predicted molar refractivity (Wildman–Crippen MR) is 70.8 cm³/mol. The highest BCUT2D eigenvalue weighted by atomic mass is 15.1. The van der Waals surface area contributed by atoms with E-state index >= 15 is 0 Å². The van der Waals surface area contributed by atoms with Crippen molar-refractivity contribution >= 4 is 0 Å². The van der Waals surface area contributed by atoms with Crippen molar-refractivity contribution in [2.45, 2.75) is 51.5 Å². The molecule has 0 aliphatic heterocycles. The molecule has 1 aromatic rings. The maximum Gasteiger partial charge on any atom is 0.0705 e. The molecule has 0 fully saturated rings. The Morgan fingerprint density at radius 3 is 3.12 bits per heavy atom. The monoisotopic (exact) mass is 233 g/mol. The minimum absolute atomic E-state index is 0.343. The topological polar surface area (TPSA) is 40.7 Å². The van der Waals surface area contributed by atoms with Crippen LogP contribution in [0, 0.1) is 0 Å². The number of nitrogens with zero attached hydrogens (tertiary/aromatic N) is 1. The Hall–Kier alpha value is -1.09. The number of hydrogen-bond donors (Lipinski definition) is 2. The third-order valence-corrected chi connectivity index (χ3v) is 3.38. The average Bonchev–Trinajstić information content (AvgIpc) is 2.73. The first-order chi connectivity index (χ1) is 8.42. The van der Waals surface area contributed by atoms with E-state index in [9.17, 15) is 0 Å². The molecule has 1 aromatic heterocycles. The zero-order chi connectivity index (χ0) is 11.9. The summed E-state index contributed by atoms with van der Waals surface area (Å²) < 4.78 is 0. The lowest BCUT2D eigenvalue weighted by atomic mass is 9.99. The molecule has 2 rings (SSSR count). The number of H-pyrrole nitrogens is 1. The van der Waals surface area contributed by atoms with Gasteiger partial charge in [-0.25, -0.2) is 0 Å². The van der Waals surface area contributed by atoms with Gasteiger partial charge in [-0.3, -0.25) is 5.10 Å². The van der Waals surface area contributed by atoms with Crippen LogP contribution < -0.4 is 5.32 Å². The highest BCUT2D eigenvalue weighted by Gasteiger charge is 2.17. The first-order valence-electron chi connectivity index (χ1n) is 6.83. The van der Waals surface area contributed by atoms with Crippen molar-refractivity contribution in [1.82, 2.24) is 15.5 Å². The smallest absolute Gasteiger partial charge is 0.0705 e. The van der Waals surface area contributed by atoms with Crippen LogP contribution in [0.2, 0.25) is 0 Å². The Balaban J connectivity index is 2.11. The lowest BCUT2D eigenvalue weighted by Gasteiger charge is -2.20. The van der Waals surface area contributed by atoms with Gasteiger partial charge in [-0.1, -0.05) is 25.0 Å². The van der Waals surface area contributed by atoms with Crippen molar-refractivity contribution in [2.24, 2.45) is 0 Å². The molecule has 0 bridgehead atoms. The second kappa shape index (κ2) is 6.60. The van der Waals surface area contributed by atoms with Crippen LogP contribution in [-0.2, 0) is 0 Å². The summed E-state index contributed by atoms with van der Waals surface area (Å²) in [6.07, 6.45) is 11.9. The van der Waals surface area contributed by atoms with Crippen molar-refractivity contribution in [3.8, 4) is 0 Å². The average molecular weight is 233 g/mol. The maximum atomic E-state index is 4.08. The lowest BCUT2D eigenvalue weighted by Crippen LogP contribution is -2.24. The summed E-state index contributed by atoms with van der Waals surface area (Å²) in [7, 11) is 0. The summed E-state index contributed by atoms with van der Waals surface area (Å²) in [6, 6.07) is 2.43. The summed E-state index contributed by atoms with van der Waals surface area (Å²) >= 11 is 0. The fourth-order valence-electron chi connectivity index (χ4n) is 2.46. The maximum absolute atomic E-state index is 4.08. The molecule has 0 saturated heterocycles. The third kappa shape index (κ3) is 3.43. The van der Waals surface area contributed by atoms with Gasteiger partial charge in [-0.2, -0.15) is 5.10 Å². The van der Waals surface area contributed by atoms with Gasteiger partial charge in [0.05, 0.1) is 11.7 Å². The standard InChI is InChI=1S/C14H23N3/c1-2-10-15-14(13-9-11-16-17-13)12-7-5-3-4-6-8-12/h7,9,11,14-15H,2-6,8,10H2,1H3,(H,16,17). The molecule has 0 spiro atoms. The van der Waals surface area contributed by atoms with Gasteiger partial charge < -0.3 is 5.32 Å². The normalized spacial score (nSPS) is 18.5. The second-order valence-corrected chi connectivity index (χ2v) is 4.78. The number of nitrogens with one attached hydrogen (secondary N) is 2. The Labute approximate surface area is 104 Å². The van der Waals surface area contributed by atoms with Crippen LogP contribution in [0.25, 0.3) is 0 Å². The van der Waals surface area contributed by atoms with E-state index in [-0.39, 0.29) is 0 Å². The van der Waals surface area contributed by atoms with Crippen molar-refractivity contribution in [3.63, 3.8) is 0 Å². The van der Waals surface area contributed by atoms with Crippen LogP contribution in [-0.4, -0.2) is 16.7 Å². The molecule has 1 atom stereocenters. The second-order valence-electron chi connectivity index (χ2n) is 4.78. The highest BCUT2D eigenvalue weighted by Crippen LogP contribution is 2.28. The van der Waals surface area contributed by atoms with Crippen molar-refractivity contribution in [2.75, 3.05) is 6.54 Å². The molecule has 3 nitrogen and oxygen atoms in total. The summed E-state index contributed by atoms with van der Waals surface area (Å²) in [5.74, 6) is 0. The molecule has 1 heterocycles. The van der Waals surface area contributed by atoms with Gasteiger partial charge in [0, 0.05) is 6.20 Å². The SMILES string of the molecule is CCCNC(C1=CCCCCC1)c1ccn[nH]1. The molecule has 0 saturated carbocycles. The van der Waals surface area contributed by atoms with Crippen LogP contribution in [0.5, 0.6) is 0 Å². The zero-order valence-corrected chi connectivity index (χ0v) is 10.7. The van der Waals surface area contributed by atoms with E-state index in [2.05, 4.69) is 34.6 Å². The molecule has 0 aromatic carbocycles. The Morgan fingerprint density at radius 2 is 2.35 bits per heavy atom. The lowest BCUT2D eigenvalue weighted by molar-refractivity contribution is 0.555. The number of aromatic nitrogens is 2. The minimum atomic E-state index is 0.343. The summed E-state index contributed by atoms with van der Waals surface area (Å²) in [5, 5.41) is 10.8. The third-order valence-electron chi connectivity index (χ3n) is 3.38. The Morgan fingerprint density at radius 1 is 1.41 bits per heavy atom. The molecule has 0 radical (unpaired) electrons. The molecule has 94 valence electrons. The zero-order valence-electron chi connectivity index (χ0n) is 10.7. The molecule has 3 heteroatoms. The summed E-state index contributed by atoms with van der Waals surface area (Å²) in [4.78, 5) is 0. The quantitative estimate of drug-likeness (QED) is 0.766. The molecule has 1 unspecified atom stereocenters. The predicted octanol–water partition coefficient (Wildman–Crippen LogP) is 3.34. The minimum Gasteiger partial charge on any atom is -0.305 e. The van der Waals surface area contributed by atoms with Gasteiger partial charge in [0.15, 0.2) is 0 Å². The van der Waals surface area contributed by atoms with Gasteiger partial charge in [-0.15, -0.1) is 0 Å². The molecule has 2 N–H and O–H groups in total. The fourth-order valence-corrected chi connectivity index (χ4v) is 2.46. The van der Waals surface area contributed by atoms with E-state index in [1.807, 2.05) is 6.20 Å². The molecule has 17 heavy (non-hydrogen) atoms. The van der Waals surface area contributed by atoms with Gasteiger partial charge in [0.1, 0.15) is 0 Å². The van der Waals surface area contributed by atoms with Crippen LogP contribution >= 0.6 is 0 Å². The molecular weight excluding hydrogens is 210 g/mol. The number of rotatable bonds is 5. The first-order valence-corrected chi connectivity index (χ1v) is 6.83. The van der Waals surface area contributed by atoms with Gasteiger partial charge in [0.25, 0.3) is 0 Å². The van der Waals surface area contributed by atoms with Gasteiger partial charge in [-0.05, 0) is 44.7 Å². The van der Waals surface area contributed by atoms with Gasteiger partial charge in [0.2, 0.25) is 0 Å². The van der Waals surface area contributed by atoms with Crippen LogP contribution in [0.3, 0.4) is 0 Å².